The Labute approximate surface area is 197 Å². The second-order valence-electron chi connectivity index (χ2n) is 7.16. The fourth-order valence-corrected chi connectivity index (χ4v) is 6.42. The molecule has 3 rings (SSSR count). The molecule has 2 aromatic heterocycles. The van der Waals surface area contributed by atoms with Crippen LogP contribution in [0.1, 0.15) is 26.3 Å². The summed E-state index contributed by atoms with van der Waals surface area (Å²) in [5, 5.41) is 13.4. The topological polar surface area (TPSA) is 97.2 Å². The van der Waals surface area contributed by atoms with Crippen LogP contribution in [0.15, 0.2) is 45.8 Å². The highest BCUT2D eigenvalue weighted by Gasteiger charge is 2.25. The van der Waals surface area contributed by atoms with Crippen molar-refractivity contribution < 1.29 is 13.2 Å². The SMILES string of the molecule is CCN(CC)S(=O)(=O)c1cc(NC(=O)C(C)Sc2nnc(-c3cccs3)n2C)ccc1C. The maximum Gasteiger partial charge on any atom is 0.243 e. The minimum atomic E-state index is -3.63. The summed E-state index contributed by atoms with van der Waals surface area (Å²) in [5.41, 5.74) is 1.08. The van der Waals surface area contributed by atoms with Crippen molar-refractivity contribution in [2.45, 2.75) is 43.0 Å². The van der Waals surface area contributed by atoms with E-state index in [0.29, 0.717) is 29.5 Å². The van der Waals surface area contributed by atoms with Gasteiger partial charge in [0.2, 0.25) is 15.9 Å². The number of rotatable bonds is 9. The number of nitrogens with one attached hydrogen (secondary N) is 1. The van der Waals surface area contributed by atoms with Crippen molar-refractivity contribution >= 4 is 44.7 Å². The molecule has 0 bridgehead atoms. The Morgan fingerprint density at radius 2 is 1.97 bits per heavy atom. The Balaban J connectivity index is 1.75. The first-order chi connectivity index (χ1) is 15.2. The minimum absolute atomic E-state index is 0.202. The van der Waals surface area contributed by atoms with Gasteiger partial charge in [0.05, 0.1) is 15.0 Å². The van der Waals surface area contributed by atoms with Crippen LogP contribution in [0.4, 0.5) is 5.69 Å². The van der Waals surface area contributed by atoms with E-state index in [9.17, 15) is 13.2 Å². The van der Waals surface area contributed by atoms with Crippen LogP contribution in [-0.4, -0.2) is 51.7 Å². The number of sulfonamides is 1. The predicted octanol–water partition coefficient (Wildman–Crippen LogP) is 4.00. The van der Waals surface area contributed by atoms with E-state index in [0.717, 1.165) is 10.7 Å². The number of carbonyl (C=O) groups is 1. The third-order valence-electron chi connectivity index (χ3n) is 5.01. The van der Waals surface area contributed by atoms with Gasteiger partial charge in [-0.2, -0.15) is 4.31 Å². The Morgan fingerprint density at radius 1 is 1.25 bits per heavy atom. The van der Waals surface area contributed by atoms with Gasteiger partial charge in [0.25, 0.3) is 0 Å². The molecule has 8 nitrogen and oxygen atoms in total. The van der Waals surface area contributed by atoms with Crippen LogP contribution in [0.3, 0.4) is 0 Å². The molecule has 0 saturated carbocycles. The third-order valence-corrected chi connectivity index (χ3v) is 9.20. The number of hydrogen-bond acceptors (Lipinski definition) is 7. The molecule has 0 aliphatic rings. The van der Waals surface area contributed by atoms with E-state index in [1.807, 2.05) is 29.1 Å². The van der Waals surface area contributed by atoms with E-state index in [4.69, 9.17) is 0 Å². The normalized spacial score (nSPS) is 12.8. The summed E-state index contributed by atoms with van der Waals surface area (Å²) in [6.07, 6.45) is 0. The fraction of sp³-hybridized carbons (Fsp3) is 0.381. The standard InChI is InChI=1S/C21H27N5O3S3/c1-6-26(7-2)32(28,29)18-13-16(11-10-14(18)3)22-20(27)15(4)31-21-24-23-19(25(21)5)17-9-8-12-30-17/h8-13,15H,6-7H2,1-5H3,(H,22,27). The third kappa shape index (κ3) is 5.06. The van der Waals surface area contributed by atoms with Gasteiger partial charge in [-0.25, -0.2) is 8.42 Å². The van der Waals surface area contributed by atoms with Gasteiger partial charge in [-0.15, -0.1) is 21.5 Å². The van der Waals surface area contributed by atoms with Crippen molar-refractivity contribution in [3.05, 3.63) is 41.3 Å². The summed E-state index contributed by atoms with van der Waals surface area (Å²) in [7, 11) is -1.76. The van der Waals surface area contributed by atoms with Crippen molar-refractivity contribution in [2.75, 3.05) is 18.4 Å². The summed E-state index contributed by atoms with van der Waals surface area (Å²) < 4.78 is 29.2. The van der Waals surface area contributed by atoms with Crippen molar-refractivity contribution in [3.8, 4) is 10.7 Å². The molecule has 0 saturated heterocycles. The first-order valence-electron chi connectivity index (χ1n) is 10.2. The van der Waals surface area contributed by atoms with E-state index in [-0.39, 0.29) is 10.8 Å². The number of aromatic nitrogens is 3. The average molecular weight is 494 g/mol. The Hall–Kier alpha value is -2.21. The van der Waals surface area contributed by atoms with Gasteiger partial charge in [0.15, 0.2) is 11.0 Å². The summed E-state index contributed by atoms with van der Waals surface area (Å²) >= 11 is 2.87. The number of carbonyl (C=O) groups excluding carboxylic acids is 1. The number of thiophene rings is 1. The van der Waals surface area contributed by atoms with E-state index in [1.165, 1.54) is 22.1 Å². The summed E-state index contributed by atoms with van der Waals surface area (Å²) in [6, 6.07) is 8.87. The van der Waals surface area contributed by atoms with Crippen molar-refractivity contribution in [1.82, 2.24) is 19.1 Å². The largest absolute Gasteiger partial charge is 0.325 e. The van der Waals surface area contributed by atoms with Crippen LogP contribution in [0, 0.1) is 6.92 Å². The van der Waals surface area contributed by atoms with Crippen LogP contribution >= 0.6 is 23.1 Å². The molecule has 11 heteroatoms. The molecule has 1 aromatic carbocycles. The van der Waals surface area contributed by atoms with Gasteiger partial charge in [-0.1, -0.05) is 37.7 Å². The Kier molecular flexibility index (Phi) is 7.75. The average Bonchev–Trinajstić information content (AvgIpc) is 3.40. The van der Waals surface area contributed by atoms with Crippen LogP contribution in [0.25, 0.3) is 10.7 Å². The summed E-state index contributed by atoms with van der Waals surface area (Å²) in [4.78, 5) is 14.0. The second-order valence-corrected chi connectivity index (χ2v) is 11.3. The van der Waals surface area contributed by atoms with Gasteiger partial charge in [-0.3, -0.25) is 4.79 Å². The zero-order valence-electron chi connectivity index (χ0n) is 18.7. The lowest BCUT2D eigenvalue weighted by Crippen LogP contribution is -2.31. The van der Waals surface area contributed by atoms with Crippen LogP contribution < -0.4 is 5.32 Å². The molecule has 1 unspecified atom stereocenters. The van der Waals surface area contributed by atoms with Gasteiger partial charge < -0.3 is 9.88 Å². The number of aryl methyl sites for hydroxylation is 1. The smallest absolute Gasteiger partial charge is 0.243 e. The number of benzene rings is 1. The fourth-order valence-electron chi connectivity index (χ4n) is 3.15. The molecule has 1 N–H and O–H groups in total. The van der Waals surface area contributed by atoms with Crippen LogP contribution in [0.2, 0.25) is 0 Å². The number of nitrogens with zero attached hydrogens (tertiary/aromatic N) is 4. The van der Waals surface area contributed by atoms with E-state index in [2.05, 4.69) is 15.5 Å². The highest BCUT2D eigenvalue weighted by molar-refractivity contribution is 8.00. The lowest BCUT2D eigenvalue weighted by atomic mass is 10.2. The van der Waals surface area contributed by atoms with Gasteiger partial charge >= 0.3 is 0 Å². The molecule has 2 heterocycles. The minimum Gasteiger partial charge on any atom is -0.325 e. The number of anilines is 1. The molecular formula is C21H27N5O3S3. The van der Waals surface area contributed by atoms with Crippen LogP contribution in [-0.2, 0) is 21.9 Å². The first kappa shape index (κ1) is 24.4. The van der Waals surface area contributed by atoms with Gasteiger partial charge in [0.1, 0.15) is 0 Å². The van der Waals surface area contributed by atoms with Crippen LogP contribution in [0.5, 0.6) is 0 Å². The quantitative estimate of drug-likeness (QED) is 0.453. The molecule has 1 amide bonds. The van der Waals surface area contributed by atoms with Crippen molar-refractivity contribution in [2.24, 2.45) is 7.05 Å². The zero-order chi connectivity index (χ0) is 23.5. The highest BCUT2D eigenvalue weighted by Crippen LogP contribution is 2.29. The predicted molar refractivity (Wildman–Crippen MR) is 130 cm³/mol. The van der Waals surface area contributed by atoms with E-state index >= 15 is 0 Å². The molecule has 0 spiro atoms. The molecular weight excluding hydrogens is 466 g/mol. The Morgan fingerprint density at radius 3 is 2.59 bits per heavy atom. The van der Waals surface area contributed by atoms with E-state index < -0.39 is 15.3 Å². The summed E-state index contributed by atoms with van der Waals surface area (Å²) in [5.74, 6) is 0.505. The van der Waals surface area contributed by atoms with Crippen molar-refractivity contribution in [1.29, 1.82) is 0 Å². The zero-order valence-corrected chi connectivity index (χ0v) is 21.1. The maximum absolute atomic E-state index is 13.0. The molecule has 172 valence electrons. The molecule has 1 atom stereocenters. The molecule has 0 fully saturated rings. The monoisotopic (exact) mass is 493 g/mol. The lowest BCUT2D eigenvalue weighted by molar-refractivity contribution is -0.115. The van der Waals surface area contributed by atoms with Gasteiger partial charge in [-0.05, 0) is 43.0 Å². The second kappa shape index (κ2) is 10.2. The number of thioether (sulfide) groups is 1. The summed E-state index contributed by atoms with van der Waals surface area (Å²) in [6.45, 7) is 7.90. The Bertz CT molecular complexity index is 1190. The lowest BCUT2D eigenvalue weighted by Gasteiger charge is -2.20. The molecule has 0 aliphatic carbocycles. The van der Waals surface area contributed by atoms with E-state index in [1.54, 1.807) is 51.2 Å². The molecule has 3 aromatic rings. The van der Waals surface area contributed by atoms with Crippen molar-refractivity contribution in [3.63, 3.8) is 0 Å². The van der Waals surface area contributed by atoms with Gasteiger partial charge in [0, 0.05) is 25.8 Å². The number of hydrogen-bond donors (Lipinski definition) is 1. The molecule has 32 heavy (non-hydrogen) atoms. The maximum atomic E-state index is 13.0. The number of amides is 1. The molecule has 0 aliphatic heterocycles. The first-order valence-corrected chi connectivity index (χ1v) is 13.4. The molecule has 0 radical (unpaired) electrons. The highest BCUT2D eigenvalue weighted by atomic mass is 32.2.